The first-order valence-electron chi connectivity index (χ1n) is 3.10. The van der Waals surface area contributed by atoms with Gasteiger partial charge in [-0.3, -0.25) is 4.98 Å². The topological polar surface area (TPSA) is 64.7 Å². The Labute approximate surface area is 63.1 Å². The molecule has 0 aromatic carbocycles. The summed E-state index contributed by atoms with van der Waals surface area (Å²) in [4.78, 5) is 11.6. The van der Waals surface area contributed by atoms with Gasteiger partial charge < -0.3 is 5.73 Å². The van der Waals surface area contributed by atoms with E-state index in [9.17, 15) is 0 Å². The molecule has 0 fully saturated rings. The van der Waals surface area contributed by atoms with Crippen LogP contribution in [0.15, 0.2) is 18.6 Å². The summed E-state index contributed by atoms with van der Waals surface area (Å²) in [5.74, 6) is 0.455. The van der Waals surface area contributed by atoms with Gasteiger partial charge in [0, 0.05) is 6.20 Å². The zero-order valence-corrected chi connectivity index (χ0v) is 5.65. The Morgan fingerprint density at radius 2 is 2.27 bits per heavy atom. The van der Waals surface area contributed by atoms with E-state index in [0.29, 0.717) is 5.82 Å². The van der Waals surface area contributed by atoms with Crippen LogP contribution in [-0.2, 0) is 0 Å². The number of hydrogen-bond acceptors (Lipinski definition) is 4. The van der Waals surface area contributed by atoms with Crippen molar-refractivity contribution in [3.63, 3.8) is 0 Å². The van der Waals surface area contributed by atoms with E-state index in [1.54, 1.807) is 12.3 Å². The number of rotatable bonds is 0. The third-order valence-corrected chi connectivity index (χ3v) is 1.42. The van der Waals surface area contributed by atoms with Crippen LogP contribution >= 0.6 is 0 Å². The molecule has 1 radical (unpaired) electrons. The molecular formula is C7H5N4. The smallest absolute Gasteiger partial charge is 0.136 e. The molecule has 2 rings (SSSR count). The Morgan fingerprint density at radius 1 is 1.36 bits per heavy atom. The van der Waals surface area contributed by atoms with Gasteiger partial charge in [0.15, 0.2) is 0 Å². The van der Waals surface area contributed by atoms with E-state index >= 15 is 0 Å². The highest BCUT2D eigenvalue weighted by Crippen LogP contribution is 2.12. The van der Waals surface area contributed by atoms with Crippen molar-refractivity contribution >= 4 is 16.7 Å². The molecule has 0 aliphatic rings. The summed E-state index contributed by atoms with van der Waals surface area (Å²) in [6.45, 7) is 0. The predicted molar refractivity (Wildman–Crippen MR) is 40.6 cm³/mol. The van der Waals surface area contributed by atoms with Gasteiger partial charge in [0.2, 0.25) is 0 Å². The van der Waals surface area contributed by atoms with Crippen LogP contribution in [-0.4, -0.2) is 15.0 Å². The molecule has 53 valence electrons. The average Bonchev–Trinajstić information content (AvgIpc) is 2.06. The lowest BCUT2D eigenvalue weighted by Crippen LogP contribution is -1.92. The van der Waals surface area contributed by atoms with E-state index in [1.165, 1.54) is 6.33 Å². The Balaban J connectivity index is 2.91. The van der Waals surface area contributed by atoms with Crippen molar-refractivity contribution in [2.45, 2.75) is 0 Å². The van der Waals surface area contributed by atoms with Gasteiger partial charge in [-0.1, -0.05) is 0 Å². The lowest BCUT2D eigenvalue weighted by atomic mass is 10.3. The number of nitrogens with two attached hydrogens (primary N) is 1. The number of pyridine rings is 1. The van der Waals surface area contributed by atoms with Gasteiger partial charge in [-0.25, -0.2) is 9.97 Å². The quantitative estimate of drug-likeness (QED) is 0.583. The van der Waals surface area contributed by atoms with E-state index in [-0.39, 0.29) is 0 Å². The second kappa shape index (κ2) is 2.16. The summed E-state index contributed by atoms with van der Waals surface area (Å²) in [5.41, 5.74) is 6.32. The molecule has 2 N–H and O–H groups in total. The normalized spacial score (nSPS) is 10.2. The minimum atomic E-state index is 0.455. The van der Waals surface area contributed by atoms with E-state index in [0.717, 1.165) is 10.9 Å². The van der Waals surface area contributed by atoms with Crippen molar-refractivity contribution in [1.29, 1.82) is 0 Å². The summed E-state index contributed by atoms with van der Waals surface area (Å²) in [6.07, 6.45) is 5.69. The van der Waals surface area contributed by atoms with E-state index in [1.807, 2.05) is 0 Å². The molecule has 0 saturated heterocycles. The van der Waals surface area contributed by atoms with E-state index in [2.05, 4.69) is 21.1 Å². The largest absolute Gasteiger partial charge is 0.383 e. The van der Waals surface area contributed by atoms with Crippen molar-refractivity contribution in [1.82, 2.24) is 15.0 Å². The van der Waals surface area contributed by atoms with Crippen LogP contribution in [0.3, 0.4) is 0 Å². The summed E-state index contributed by atoms with van der Waals surface area (Å²) in [5, 5.41) is 0.770. The van der Waals surface area contributed by atoms with Crippen LogP contribution in [0.4, 0.5) is 5.82 Å². The molecule has 4 heteroatoms. The number of hydrogen-bond donors (Lipinski definition) is 1. The van der Waals surface area contributed by atoms with Crippen molar-refractivity contribution in [3.05, 3.63) is 24.8 Å². The highest BCUT2D eigenvalue weighted by Gasteiger charge is 1.96. The first-order valence-corrected chi connectivity index (χ1v) is 3.10. The van der Waals surface area contributed by atoms with Crippen LogP contribution in [0.25, 0.3) is 10.9 Å². The Hall–Kier alpha value is -1.71. The number of anilines is 1. The Bertz CT molecular complexity index is 380. The molecule has 2 aromatic rings. The second-order valence-electron chi connectivity index (χ2n) is 2.09. The zero-order chi connectivity index (χ0) is 7.68. The van der Waals surface area contributed by atoms with Gasteiger partial charge in [-0.2, -0.15) is 0 Å². The summed E-state index contributed by atoms with van der Waals surface area (Å²) in [6, 6.07) is 1.67. The fraction of sp³-hybridized carbons (Fsp3) is 0. The predicted octanol–water partition coefficient (Wildman–Crippen LogP) is 0.407. The Morgan fingerprint density at radius 3 is 3.09 bits per heavy atom. The van der Waals surface area contributed by atoms with Crippen LogP contribution in [0, 0.1) is 6.20 Å². The summed E-state index contributed by atoms with van der Waals surface area (Å²) >= 11 is 0. The first-order chi connectivity index (χ1) is 5.38. The number of fused-ring (bicyclic) bond motifs is 1. The van der Waals surface area contributed by atoms with E-state index < -0.39 is 0 Å². The van der Waals surface area contributed by atoms with Crippen molar-refractivity contribution in [2.24, 2.45) is 0 Å². The maximum Gasteiger partial charge on any atom is 0.136 e. The molecule has 0 aliphatic carbocycles. The monoisotopic (exact) mass is 145 g/mol. The fourth-order valence-electron chi connectivity index (χ4n) is 0.871. The second-order valence-corrected chi connectivity index (χ2v) is 2.09. The van der Waals surface area contributed by atoms with Crippen LogP contribution < -0.4 is 5.73 Å². The lowest BCUT2D eigenvalue weighted by Gasteiger charge is -1.95. The van der Waals surface area contributed by atoms with E-state index in [4.69, 9.17) is 5.73 Å². The highest BCUT2D eigenvalue weighted by molar-refractivity contribution is 5.86. The molecule has 2 heterocycles. The molecule has 0 amide bonds. The summed E-state index contributed by atoms with van der Waals surface area (Å²) in [7, 11) is 0. The number of nitrogen functional groups attached to an aromatic ring is 1. The van der Waals surface area contributed by atoms with Crippen LogP contribution in [0.5, 0.6) is 0 Å². The molecule has 11 heavy (non-hydrogen) atoms. The number of aromatic nitrogens is 3. The minimum Gasteiger partial charge on any atom is -0.383 e. The Kier molecular flexibility index (Phi) is 1.18. The standard InChI is InChI=1S/C7H5N4/c8-7-5-3-9-2-1-6(5)10-4-11-7/h1,3-4H,(H2,8,10,11). The molecule has 0 bridgehead atoms. The van der Waals surface area contributed by atoms with Crippen molar-refractivity contribution < 1.29 is 0 Å². The first kappa shape index (κ1) is 6.03. The SMILES string of the molecule is Nc1ncnc2c[c]ncc12. The van der Waals surface area contributed by atoms with Gasteiger partial charge >= 0.3 is 0 Å². The molecule has 4 nitrogen and oxygen atoms in total. The molecule has 0 aliphatic heterocycles. The van der Waals surface area contributed by atoms with Gasteiger partial charge in [0.1, 0.15) is 12.1 Å². The van der Waals surface area contributed by atoms with Gasteiger partial charge in [-0.05, 0) is 6.07 Å². The molecule has 0 spiro atoms. The molecule has 0 saturated carbocycles. The fourth-order valence-corrected chi connectivity index (χ4v) is 0.871. The molecule has 2 aromatic heterocycles. The molecular weight excluding hydrogens is 140 g/mol. The third-order valence-electron chi connectivity index (χ3n) is 1.42. The summed E-state index contributed by atoms with van der Waals surface area (Å²) < 4.78 is 0. The highest BCUT2D eigenvalue weighted by atomic mass is 14.9. The van der Waals surface area contributed by atoms with Gasteiger partial charge in [0.05, 0.1) is 17.1 Å². The zero-order valence-electron chi connectivity index (χ0n) is 5.65. The lowest BCUT2D eigenvalue weighted by molar-refractivity contribution is 1.21. The maximum absolute atomic E-state index is 5.55. The molecule has 0 atom stereocenters. The van der Waals surface area contributed by atoms with Crippen LogP contribution in [0.2, 0.25) is 0 Å². The number of nitrogens with zero attached hydrogens (tertiary/aromatic N) is 3. The minimum absolute atomic E-state index is 0.455. The van der Waals surface area contributed by atoms with Crippen molar-refractivity contribution in [2.75, 3.05) is 5.73 Å². The van der Waals surface area contributed by atoms with Crippen molar-refractivity contribution in [3.8, 4) is 0 Å². The third kappa shape index (κ3) is 0.881. The average molecular weight is 145 g/mol. The van der Waals surface area contributed by atoms with Crippen LogP contribution in [0.1, 0.15) is 0 Å². The van der Waals surface area contributed by atoms with Gasteiger partial charge in [-0.15, -0.1) is 0 Å². The maximum atomic E-state index is 5.55. The molecule has 0 unspecified atom stereocenters. The van der Waals surface area contributed by atoms with Gasteiger partial charge in [0.25, 0.3) is 0 Å².